The molecule has 12 heteroatoms. The number of aliphatic hydroxyl groups is 1. The monoisotopic (exact) mass is 552 g/mol. The van der Waals surface area contributed by atoms with Crippen molar-refractivity contribution in [2.24, 2.45) is 14.1 Å². The van der Waals surface area contributed by atoms with E-state index >= 15 is 0 Å². The van der Waals surface area contributed by atoms with E-state index < -0.39 is 46.3 Å². The lowest BCUT2D eigenvalue weighted by Gasteiger charge is -2.37. The van der Waals surface area contributed by atoms with Gasteiger partial charge in [0.05, 0.1) is 16.6 Å². The van der Waals surface area contributed by atoms with Crippen LogP contribution in [0.25, 0.3) is 11.0 Å². The van der Waals surface area contributed by atoms with Gasteiger partial charge >= 0.3 is 17.8 Å². The quantitative estimate of drug-likeness (QED) is 0.299. The zero-order valence-corrected chi connectivity index (χ0v) is 20.9. The van der Waals surface area contributed by atoms with Gasteiger partial charge in [0.2, 0.25) is 0 Å². The van der Waals surface area contributed by atoms with E-state index in [1.165, 1.54) is 60.5 Å². The van der Waals surface area contributed by atoms with Gasteiger partial charge in [-0.05, 0) is 47.5 Å². The van der Waals surface area contributed by atoms with Crippen molar-refractivity contribution in [1.82, 2.24) is 9.13 Å². The summed E-state index contributed by atoms with van der Waals surface area (Å²) >= 11 is 6.32. The second-order valence-corrected chi connectivity index (χ2v) is 9.23. The Balaban J connectivity index is 1.72. The molecule has 0 saturated heterocycles. The molecule has 4 aromatic rings. The third kappa shape index (κ3) is 4.41. The summed E-state index contributed by atoms with van der Waals surface area (Å²) in [5.74, 6) is -4.10. The van der Waals surface area contributed by atoms with Crippen LogP contribution in [0.5, 0.6) is 11.5 Å². The molecule has 200 valence electrons. The fraction of sp³-hybridized carbons (Fsp3) is 0.231. The number of ether oxygens (including phenoxy) is 1. The first kappa shape index (κ1) is 27.2. The summed E-state index contributed by atoms with van der Waals surface area (Å²) < 4.78 is 65.3. The number of carboxylic acids is 1. The van der Waals surface area contributed by atoms with Crippen LogP contribution in [0.4, 0.5) is 17.6 Å². The van der Waals surface area contributed by atoms with Gasteiger partial charge in [0.1, 0.15) is 17.3 Å². The van der Waals surface area contributed by atoms with Gasteiger partial charge in [-0.25, -0.2) is 14.0 Å². The Morgan fingerprint density at radius 2 is 1.58 bits per heavy atom. The lowest BCUT2D eigenvalue weighted by atomic mass is 9.77. The molecular formula is C26H21ClF4N2O5. The molecule has 0 aliphatic heterocycles. The molecule has 0 bridgehead atoms. The zero-order valence-electron chi connectivity index (χ0n) is 20.2. The molecule has 0 saturated carbocycles. The van der Waals surface area contributed by atoms with Gasteiger partial charge in [-0.3, -0.25) is 9.13 Å². The van der Waals surface area contributed by atoms with Crippen LogP contribution in [0.1, 0.15) is 34.3 Å². The average molecular weight is 553 g/mol. The Labute approximate surface area is 218 Å². The third-order valence-electron chi connectivity index (χ3n) is 6.62. The molecule has 0 radical (unpaired) electrons. The predicted octanol–water partition coefficient (Wildman–Crippen LogP) is 5.71. The van der Waals surface area contributed by atoms with Crippen LogP contribution in [0.3, 0.4) is 0 Å². The number of halogens is 5. The predicted molar refractivity (Wildman–Crippen MR) is 131 cm³/mol. The first-order valence-corrected chi connectivity index (χ1v) is 11.5. The number of aryl methyl sites for hydroxylation is 2. The highest BCUT2D eigenvalue weighted by Gasteiger charge is 2.59. The molecule has 38 heavy (non-hydrogen) atoms. The Morgan fingerprint density at radius 1 is 0.974 bits per heavy atom. The van der Waals surface area contributed by atoms with Crippen molar-refractivity contribution >= 4 is 28.6 Å². The summed E-state index contributed by atoms with van der Waals surface area (Å²) in [6.45, 7) is 1.17. The molecule has 0 aliphatic carbocycles. The molecule has 3 aromatic carbocycles. The summed E-state index contributed by atoms with van der Waals surface area (Å²) in [6, 6.07) is 10.4. The maximum absolute atomic E-state index is 14.5. The van der Waals surface area contributed by atoms with Crippen LogP contribution in [-0.4, -0.2) is 31.5 Å². The standard InChI is InChI=1S/C26H21ClF4N2O5/c1-13(17-7-5-15(11-19(17)27)38-16-6-8-18(23(34)35)20(28)12-16)25(37,26(29,30)31)14-4-9-21-22(10-14)33(3)24(36)32(21)2/h4-13,37H,1-3H3,(H,34,35)/t13-,25-/m0/s1. The largest absolute Gasteiger partial charge is 0.478 e. The van der Waals surface area contributed by atoms with Crippen LogP contribution in [0.2, 0.25) is 5.02 Å². The number of carbonyl (C=O) groups is 1. The molecule has 7 nitrogen and oxygen atoms in total. The minimum absolute atomic E-state index is 0.0460. The summed E-state index contributed by atoms with van der Waals surface area (Å²) in [5.41, 5.74) is -4.29. The van der Waals surface area contributed by atoms with Crippen LogP contribution in [0, 0.1) is 5.82 Å². The molecule has 2 N–H and O–H groups in total. The Hall–Kier alpha value is -3.83. The Morgan fingerprint density at radius 3 is 2.16 bits per heavy atom. The van der Waals surface area contributed by atoms with Gasteiger partial charge in [0.25, 0.3) is 0 Å². The first-order chi connectivity index (χ1) is 17.7. The van der Waals surface area contributed by atoms with E-state index in [-0.39, 0.29) is 27.6 Å². The minimum Gasteiger partial charge on any atom is -0.478 e. The highest BCUT2D eigenvalue weighted by Crippen LogP contribution is 2.50. The van der Waals surface area contributed by atoms with Crippen molar-refractivity contribution in [2.75, 3.05) is 0 Å². The van der Waals surface area contributed by atoms with E-state index in [2.05, 4.69) is 0 Å². The number of hydrogen-bond acceptors (Lipinski definition) is 4. The number of aromatic nitrogens is 2. The molecule has 2 atom stereocenters. The van der Waals surface area contributed by atoms with Crippen LogP contribution in [-0.2, 0) is 19.7 Å². The number of imidazole rings is 1. The summed E-state index contributed by atoms with van der Waals surface area (Å²) in [4.78, 5) is 23.2. The van der Waals surface area contributed by atoms with Gasteiger partial charge in [-0.1, -0.05) is 30.7 Å². The van der Waals surface area contributed by atoms with Gasteiger partial charge in [0.15, 0.2) is 5.60 Å². The number of aromatic carboxylic acids is 1. The second-order valence-electron chi connectivity index (χ2n) is 8.82. The van der Waals surface area contributed by atoms with Crippen molar-refractivity contribution in [3.8, 4) is 11.5 Å². The highest BCUT2D eigenvalue weighted by molar-refractivity contribution is 6.31. The van der Waals surface area contributed by atoms with Crippen molar-refractivity contribution in [1.29, 1.82) is 0 Å². The maximum atomic E-state index is 14.5. The smallest absolute Gasteiger partial charge is 0.422 e. The van der Waals surface area contributed by atoms with Crippen molar-refractivity contribution in [3.05, 3.63) is 92.6 Å². The SMILES string of the molecule is C[C@@H](c1ccc(Oc2ccc(C(=O)O)c(F)c2)cc1Cl)[C@](O)(c1ccc2c(c1)n(C)c(=O)n2C)C(F)(F)F. The zero-order chi connectivity index (χ0) is 28.2. The number of alkyl halides is 3. The molecule has 0 aliphatic rings. The normalized spacial score (nSPS) is 14.3. The molecule has 1 aromatic heterocycles. The number of fused-ring (bicyclic) bond motifs is 1. The average Bonchev–Trinajstić information content (AvgIpc) is 3.05. The summed E-state index contributed by atoms with van der Waals surface area (Å²) in [6.07, 6.45) is -5.13. The number of rotatable bonds is 6. The van der Waals surface area contributed by atoms with Gasteiger partial charge in [-0.2, -0.15) is 13.2 Å². The lowest BCUT2D eigenvalue weighted by molar-refractivity contribution is -0.274. The summed E-state index contributed by atoms with van der Waals surface area (Å²) in [5, 5.41) is 20.0. The topological polar surface area (TPSA) is 93.7 Å². The van der Waals surface area contributed by atoms with E-state index in [4.69, 9.17) is 21.4 Å². The van der Waals surface area contributed by atoms with Crippen molar-refractivity contribution in [3.63, 3.8) is 0 Å². The molecule has 0 spiro atoms. The van der Waals surface area contributed by atoms with Crippen LogP contribution in [0.15, 0.2) is 59.4 Å². The lowest BCUT2D eigenvalue weighted by Crippen LogP contribution is -2.46. The molecule has 4 rings (SSSR count). The van der Waals surface area contributed by atoms with E-state index in [1.54, 1.807) is 0 Å². The highest BCUT2D eigenvalue weighted by atomic mass is 35.5. The molecule has 1 heterocycles. The van der Waals surface area contributed by atoms with Gasteiger partial charge in [-0.15, -0.1) is 0 Å². The van der Waals surface area contributed by atoms with Crippen molar-refractivity contribution < 1.29 is 37.3 Å². The Bertz CT molecular complexity index is 1630. The molecule has 0 unspecified atom stereocenters. The number of benzene rings is 3. The fourth-order valence-electron chi connectivity index (χ4n) is 4.42. The maximum Gasteiger partial charge on any atom is 0.422 e. The fourth-order valence-corrected chi connectivity index (χ4v) is 4.75. The van der Waals surface area contributed by atoms with Crippen LogP contribution < -0.4 is 10.4 Å². The number of carboxylic acid groups (broad SMARTS) is 1. The van der Waals surface area contributed by atoms with Crippen molar-refractivity contribution in [2.45, 2.75) is 24.6 Å². The van der Waals surface area contributed by atoms with Gasteiger partial charge in [0, 0.05) is 31.1 Å². The molecule has 0 fully saturated rings. The van der Waals surface area contributed by atoms with E-state index in [0.717, 1.165) is 24.3 Å². The molecule has 0 amide bonds. The van der Waals surface area contributed by atoms with E-state index in [0.29, 0.717) is 5.52 Å². The van der Waals surface area contributed by atoms with E-state index in [1.807, 2.05) is 0 Å². The number of nitrogens with zero attached hydrogens (tertiary/aromatic N) is 2. The van der Waals surface area contributed by atoms with Crippen LogP contribution >= 0.6 is 11.6 Å². The Kier molecular flexibility index (Phi) is 6.79. The van der Waals surface area contributed by atoms with Gasteiger partial charge < -0.3 is 14.9 Å². The number of hydrogen-bond donors (Lipinski definition) is 2. The molecular weight excluding hydrogens is 532 g/mol. The summed E-state index contributed by atoms with van der Waals surface area (Å²) in [7, 11) is 2.91. The second kappa shape index (κ2) is 9.48. The third-order valence-corrected chi connectivity index (χ3v) is 6.94. The minimum atomic E-state index is -5.13. The first-order valence-electron chi connectivity index (χ1n) is 11.1. The van der Waals surface area contributed by atoms with E-state index in [9.17, 15) is 32.3 Å².